The SMILES string of the molecule is CC(=O)N(CCNC(=O)NC(C)C)c1ccc(OCc2ccccc2)cc1. The minimum Gasteiger partial charge on any atom is -0.489 e. The van der Waals surface area contributed by atoms with E-state index in [0.29, 0.717) is 19.7 Å². The van der Waals surface area contributed by atoms with Crippen molar-refractivity contribution in [1.82, 2.24) is 10.6 Å². The molecule has 0 bridgehead atoms. The highest BCUT2D eigenvalue weighted by molar-refractivity contribution is 5.91. The molecule has 2 aromatic carbocycles. The molecule has 2 rings (SSSR count). The van der Waals surface area contributed by atoms with Crippen LogP contribution >= 0.6 is 0 Å². The van der Waals surface area contributed by atoms with Crippen molar-refractivity contribution in [1.29, 1.82) is 0 Å². The molecule has 0 fully saturated rings. The van der Waals surface area contributed by atoms with Crippen LogP contribution in [0.3, 0.4) is 0 Å². The molecule has 0 saturated heterocycles. The van der Waals surface area contributed by atoms with E-state index in [1.54, 1.807) is 4.90 Å². The van der Waals surface area contributed by atoms with Gasteiger partial charge < -0.3 is 20.3 Å². The highest BCUT2D eigenvalue weighted by Gasteiger charge is 2.12. The zero-order chi connectivity index (χ0) is 19.6. The fourth-order valence-corrected chi connectivity index (χ4v) is 2.53. The van der Waals surface area contributed by atoms with E-state index in [9.17, 15) is 9.59 Å². The van der Waals surface area contributed by atoms with Crippen LogP contribution in [0, 0.1) is 0 Å². The molecule has 0 spiro atoms. The summed E-state index contributed by atoms with van der Waals surface area (Å²) in [7, 11) is 0. The molecule has 27 heavy (non-hydrogen) atoms. The minimum absolute atomic E-state index is 0.0670. The topological polar surface area (TPSA) is 70.7 Å². The number of urea groups is 1. The predicted molar refractivity (Wildman–Crippen MR) is 107 cm³/mol. The van der Waals surface area contributed by atoms with Gasteiger partial charge in [-0.05, 0) is 43.7 Å². The van der Waals surface area contributed by atoms with E-state index in [2.05, 4.69) is 10.6 Å². The van der Waals surface area contributed by atoms with E-state index in [-0.39, 0.29) is 18.0 Å². The van der Waals surface area contributed by atoms with Crippen molar-refractivity contribution >= 4 is 17.6 Å². The van der Waals surface area contributed by atoms with Crippen LogP contribution < -0.4 is 20.3 Å². The van der Waals surface area contributed by atoms with Gasteiger partial charge in [0, 0.05) is 31.7 Å². The molecule has 2 N–H and O–H groups in total. The van der Waals surface area contributed by atoms with Crippen molar-refractivity contribution in [2.75, 3.05) is 18.0 Å². The number of nitrogens with zero attached hydrogens (tertiary/aromatic N) is 1. The van der Waals surface area contributed by atoms with Crippen LogP contribution in [0.1, 0.15) is 26.3 Å². The third-order valence-corrected chi connectivity index (χ3v) is 3.82. The normalized spacial score (nSPS) is 10.4. The van der Waals surface area contributed by atoms with Crippen LogP contribution in [0.15, 0.2) is 54.6 Å². The van der Waals surface area contributed by atoms with E-state index in [4.69, 9.17) is 4.74 Å². The predicted octanol–water partition coefficient (Wildman–Crippen LogP) is 3.33. The van der Waals surface area contributed by atoms with Crippen LogP contribution in [0.4, 0.5) is 10.5 Å². The lowest BCUT2D eigenvalue weighted by molar-refractivity contribution is -0.116. The van der Waals surface area contributed by atoms with Gasteiger partial charge in [0.05, 0.1) is 0 Å². The first-order valence-electron chi connectivity index (χ1n) is 9.05. The average Bonchev–Trinajstić information content (AvgIpc) is 2.64. The molecule has 0 aliphatic carbocycles. The van der Waals surface area contributed by atoms with Crippen LogP contribution in [-0.2, 0) is 11.4 Å². The quantitative estimate of drug-likeness (QED) is 0.750. The Labute approximate surface area is 160 Å². The summed E-state index contributed by atoms with van der Waals surface area (Å²) < 4.78 is 5.77. The highest BCUT2D eigenvalue weighted by Crippen LogP contribution is 2.20. The lowest BCUT2D eigenvalue weighted by atomic mass is 10.2. The van der Waals surface area contributed by atoms with Gasteiger partial charge in [-0.3, -0.25) is 4.79 Å². The first-order chi connectivity index (χ1) is 13.0. The summed E-state index contributed by atoms with van der Waals surface area (Å²) in [5.41, 5.74) is 1.86. The molecule has 144 valence electrons. The third-order valence-electron chi connectivity index (χ3n) is 3.82. The second-order valence-electron chi connectivity index (χ2n) is 6.49. The van der Waals surface area contributed by atoms with Crippen LogP contribution in [0.2, 0.25) is 0 Å². The maximum Gasteiger partial charge on any atom is 0.315 e. The van der Waals surface area contributed by atoms with E-state index < -0.39 is 0 Å². The fraction of sp³-hybridized carbons (Fsp3) is 0.333. The second-order valence-corrected chi connectivity index (χ2v) is 6.49. The van der Waals surface area contributed by atoms with E-state index >= 15 is 0 Å². The maximum atomic E-state index is 12.0. The van der Waals surface area contributed by atoms with Gasteiger partial charge in [0.1, 0.15) is 12.4 Å². The Morgan fingerprint density at radius 3 is 2.30 bits per heavy atom. The number of nitrogens with one attached hydrogen (secondary N) is 2. The molecule has 0 heterocycles. The molecule has 0 saturated carbocycles. The second kappa shape index (κ2) is 10.2. The molecular weight excluding hydrogens is 342 g/mol. The van der Waals surface area contributed by atoms with Gasteiger partial charge in [0.25, 0.3) is 0 Å². The van der Waals surface area contributed by atoms with Gasteiger partial charge in [-0.15, -0.1) is 0 Å². The van der Waals surface area contributed by atoms with Gasteiger partial charge in [-0.2, -0.15) is 0 Å². The highest BCUT2D eigenvalue weighted by atomic mass is 16.5. The first kappa shape index (κ1) is 20.3. The molecule has 2 aromatic rings. The monoisotopic (exact) mass is 369 g/mol. The number of benzene rings is 2. The summed E-state index contributed by atoms with van der Waals surface area (Å²) in [6, 6.07) is 17.1. The molecule has 0 radical (unpaired) electrons. The summed E-state index contributed by atoms with van der Waals surface area (Å²) in [5.74, 6) is 0.652. The van der Waals surface area contributed by atoms with Gasteiger partial charge in [-0.1, -0.05) is 30.3 Å². The number of hydrogen-bond acceptors (Lipinski definition) is 3. The minimum atomic E-state index is -0.238. The Bertz CT molecular complexity index is 730. The van der Waals surface area contributed by atoms with Gasteiger partial charge in [0.2, 0.25) is 5.91 Å². The fourth-order valence-electron chi connectivity index (χ4n) is 2.53. The van der Waals surface area contributed by atoms with Gasteiger partial charge in [-0.25, -0.2) is 4.79 Å². The van der Waals surface area contributed by atoms with Crippen LogP contribution in [0.5, 0.6) is 5.75 Å². The number of ether oxygens (including phenoxy) is 1. The van der Waals surface area contributed by atoms with E-state index in [1.165, 1.54) is 6.92 Å². The summed E-state index contributed by atoms with van der Waals surface area (Å²) in [6.45, 7) is 6.54. The molecule has 6 heteroatoms. The number of hydrogen-bond donors (Lipinski definition) is 2. The Morgan fingerprint density at radius 2 is 1.70 bits per heavy atom. The molecule has 3 amide bonds. The Hall–Kier alpha value is -3.02. The van der Waals surface area contributed by atoms with Crippen LogP contribution in [0.25, 0.3) is 0 Å². The molecule has 0 aromatic heterocycles. The number of carbonyl (C=O) groups excluding carboxylic acids is 2. The van der Waals surface area contributed by atoms with Crippen molar-refractivity contribution in [2.24, 2.45) is 0 Å². The first-order valence-corrected chi connectivity index (χ1v) is 9.05. The zero-order valence-corrected chi connectivity index (χ0v) is 16.1. The van der Waals surface area contributed by atoms with Crippen molar-refractivity contribution in [3.63, 3.8) is 0 Å². The molecule has 0 atom stereocenters. The smallest absolute Gasteiger partial charge is 0.315 e. The third kappa shape index (κ3) is 7.01. The van der Waals surface area contributed by atoms with E-state index in [1.807, 2.05) is 68.4 Å². The van der Waals surface area contributed by atoms with Gasteiger partial charge >= 0.3 is 6.03 Å². The Morgan fingerprint density at radius 1 is 1.04 bits per heavy atom. The summed E-state index contributed by atoms with van der Waals surface area (Å²) in [6.07, 6.45) is 0. The van der Waals surface area contributed by atoms with Crippen molar-refractivity contribution < 1.29 is 14.3 Å². The molecule has 6 nitrogen and oxygen atoms in total. The summed E-state index contributed by atoms with van der Waals surface area (Å²) in [5, 5.41) is 5.50. The maximum absolute atomic E-state index is 12.0. The molecular formula is C21H27N3O3. The van der Waals surface area contributed by atoms with Crippen LogP contribution in [-0.4, -0.2) is 31.1 Å². The van der Waals surface area contributed by atoms with Crippen molar-refractivity contribution in [3.05, 3.63) is 60.2 Å². The number of amides is 3. The lowest BCUT2D eigenvalue weighted by Gasteiger charge is -2.22. The zero-order valence-electron chi connectivity index (χ0n) is 16.1. The van der Waals surface area contributed by atoms with Gasteiger partial charge in [0.15, 0.2) is 0 Å². The van der Waals surface area contributed by atoms with Crippen molar-refractivity contribution in [2.45, 2.75) is 33.4 Å². The van der Waals surface area contributed by atoms with Crippen molar-refractivity contribution in [3.8, 4) is 5.75 Å². The summed E-state index contributed by atoms with van der Waals surface area (Å²) >= 11 is 0. The van der Waals surface area contributed by atoms with E-state index in [0.717, 1.165) is 17.0 Å². The average molecular weight is 369 g/mol. The summed E-state index contributed by atoms with van der Waals surface area (Å²) in [4.78, 5) is 25.2. The Balaban J connectivity index is 1.89. The molecule has 0 aliphatic heterocycles. The number of rotatable bonds is 8. The molecule has 0 aliphatic rings. The lowest BCUT2D eigenvalue weighted by Crippen LogP contribution is -2.43. The number of anilines is 1. The molecule has 0 unspecified atom stereocenters. The largest absolute Gasteiger partial charge is 0.489 e. The Kier molecular flexibility index (Phi) is 7.67. The number of carbonyl (C=O) groups is 2. The standard InChI is InChI=1S/C21H27N3O3/c1-16(2)23-21(26)22-13-14-24(17(3)25)19-9-11-20(12-10-19)27-15-18-7-5-4-6-8-18/h4-12,16H,13-15H2,1-3H3,(H2,22,23,26).